The first-order valence-electron chi connectivity index (χ1n) is 10.7. The van der Waals surface area contributed by atoms with Crippen LogP contribution in [0.1, 0.15) is 31.7 Å². The SMILES string of the molecule is CCO[C@@H]1C[C@H]2[C@H](CC[C@@]3(S(=O)(=O)c4ccc(Cl)cc4)c4c(F)ccc(F)c4OC[C@@H]23)O1. The number of rotatable bonds is 4. The summed E-state index contributed by atoms with van der Waals surface area (Å²) in [5, 5.41) is 0.384. The zero-order chi connectivity index (χ0) is 22.7. The van der Waals surface area contributed by atoms with E-state index in [1.807, 2.05) is 6.92 Å². The van der Waals surface area contributed by atoms with Gasteiger partial charge in [0.15, 0.2) is 27.7 Å². The zero-order valence-corrected chi connectivity index (χ0v) is 19.0. The van der Waals surface area contributed by atoms with Gasteiger partial charge >= 0.3 is 0 Å². The minimum absolute atomic E-state index is 0.0159. The molecule has 0 amide bonds. The Kier molecular flexibility index (Phi) is 5.47. The maximum atomic E-state index is 15.3. The van der Waals surface area contributed by atoms with Gasteiger partial charge in [-0.3, -0.25) is 0 Å². The highest BCUT2D eigenvalue weighted by Gasteiger charge is 2.64. The van der Waals surface area contributed by atoms with Crippen LogP contribution < -0.4 is 4.74 Å². The molecule has 1 saturated heterocycles. The second-order valence-corrected chi connectivity index (χ2v) is 11.1. The molecule has 0 bridgehead atoms. The highest BCUT2D eigenvalue weighted by Crippen LogP contribution is 2.60. The molecule has 5 nitrogen and oxygen atoms in total. The van der Waals surface area contributed by atoms with Gasteiger partial charge in [-0.25, -0.2) is 17.2 Å². The molecule has 5 atom stereocenters. The molecule has 9 heteroatoms. The van der Waals surface area contributed by atoms with Crippen LogP contribution in [0.3, 0.4) is 0 Å². The highest BCUT2D eigenvalue weighted by molar-refractivity contribution is 7.92. The molecule has 0 radical (unpaired) electrons. The molecule has 1 aliphatic carbocycles. The van der Waals surface area contributed by atoms with Crippen molar-refractivity contribution in [2.24, 2.45) is 11.8 Å². The van der Waals surface area contributed by atoms with Gasteiger partial charge in [0, 0.05) is 24.0 Å². The van der Waals surface area contributed by atoms with E-state index in [2.05, 4.69) is 0 Å². The van der Waals surface area contributed by atoms with E-state index in [-0.39, 0.29) is 41.3 Å². The van der Waals surface area contributed by atoms with Gasteiger partial charge in [-0.2, -0.15) is 0 Å². The Balaban J connectivity index is 1.72. The maximum Gasteiger partial charge on any atom is 0.188 e. The first-order valence-corrected chi connectivity index (χ1v) is 12.5. The fourth-order valence-corrected chi connectivity index (χ4v) is 8.24. The van der Waals surface area contributed by atoms with Crippen molar-refractivity contribution in [2.45, 2.75) is 48.2 Å². The van der Waals surface area contributed by atoms with Crippen LogP contribution in [0.25, 0.3) is 0 Å². The predicted molar refractivity (Wildman–Crippen MR) is 113 cm³/mol. The Morgan fingerprint density at radius 1 is 1.16 bits per heavy atom. The van der Waals surface area contributed by atoms with E-state index in [1.165, 1.54) is 24.3 Å². The summed E-state index contributed by atoms with van der Waals surface area (Å²) in [6.07, 6.45) is 0.248. The Morgan fingerprint density at radius 3 is 2.59 bits per heavy atom. The molecule has 5 rings (SSSR count). The van der Waals surface area contributed by atoms with Crippen LogP contribution in [0.4, 0.5) is 8.78 Å². The number of benzene rings is 2. The van der Waals surface area contributed by atoms with Crippen LogP contribution in [0.5, 0.6) is 5.75 Å². The third-order valence-electron chi connectivity index (χ3n) is 7.03. The van der Waals surface area contributed by atoms with Gasteiger partial charge in [0.25, 0.3) is 0 Å². The lowest BCUT2D eigenvalue weighted by Crippen LogP contribution is -2.56. The van der Waals surface area contributed by atoms with Crippen LogP contribution >= 0.6 is 11.6 Å². The Labute approximate surface area is 190 Å². The lowest BCUT2D eigenvalue weighted by molar-refractivity contribution is -0.136. The molecule has 2 aliphatic heterocycles. The summed E-state index contributed by atoms with van der Waals surface area (Å²) >= 11 is 5.97. The molecule has 2 aromatic carbocycles. The first kappa shape index (κ1) is 22.1. The summed E-state index contributed by atoms with van der Waals surface area (Å²) in [5.74, 6) is -2.75. The van der Waals surface area contributed by atoms with Gasteiger partial charge in [-0.15, -0.1) is 0 Å². The largest absolute Gasteiger partial charge is 0.490 e. The van der Waals surface area contributed by atoms with Crippen LogP contribution in [-0.2, 0) is 24.1 Å². The Hall–Kier alpha value is -1.74. The van der Waals surface area contributed by atoms with E-state index in [1.54, 1.807) is 0 Å². The molecular weight excluding hydrogens is 462 g/mol. The minimum Gasteiger partial charge on any atom is -0.490 e. The number of sulfone groups is 1. The molecule has 2 aromatic rings. The van der Waals surface area contributed by atoms with Crippen LogP contribution in [0.2, 0.25) is 5.02 Å². The molecule has 0 unspecified atom stereocenters. The molecule has 0 spiro atoms. The van der Waals surface area contributed by atoms with E-state index in [9.17, 15) is 12.8 Å². The van der Waals surface area contributed by atoms with Gasteiger partial charge < -0.3 is 14.2 Å². The molecule has 3 aliphatic rings. The normalized spacial score (nSPS) is 31.4. The van der Waals surface area contributed by atoms with Crippen LogP contribution in [-0.4, -0.2) is 34.0 Å². The van der Waals surface area contributed by atoms with Crippen molar-refractivity contribution < 1.29 is 31.4 Å². The average Bonchev–Trinajstić information content (AvgIpc) is 3.19. The van der Waals surface area contributed by atoms with E-state index in [4.69, 9.17) is 25.8 Å². The Bertz CT molecular complexity index is 1140. The van der Waals surface area contributed by atoms with Crippen molar-refractivity contribution in [3.8, 4) is 5.75 Å². The third-order valence-corrected chi connectivity index (χ3v) is 9.84. The number of halogens is 3. The van der Waals surface area contributed by atoms with Crippen LogP contribution in [0.15, 0.2) is 41.3 Å². The summed E-state index contributed by atoms with van der Waals surface area (Å²) in [4.78, 5) is 0.0159. The lowest BCUT2D eigenvalue weighted by atomic mass is 9.66. The number of ether oxygens (including phenoxy) is 3. The zero-order valence-electron chi connectivity index (χ0n) is 17.4. The topological polar surface area (TPSA) is 61.8 Å². The summed E-state index contributed by atoms with van der Waals surface area (Å²) in [7, 11) is -4.16. The molecule has 172 valence electrons. The molecule has 2 fully saturated rings. The molecule has 32 heavy (non-hydrogen) atoms. The van der Waals surface area contributed by atoms with Gasteiger partial charge in [-0.1, -0.05) is 11.6 Å². The second-order valence-electron chi connectivity index (χ2n) is 8.50. The summed E-state index contributed by atoms with van der Waals surface area (Å²) < 4.78 is 74.1. The van der Waals surface area contributed by atoms with Crippen LogP contribution in [0, 0.1) is 23.5 Å². The molecule has 0 aromatic heterocycles. The third kappa shape index (κ3) is 3.10. The standard InChI is InChI=1S/C23H23ClF2O5S/c1-2-29-20-11-15-16-12-30-22-18(26)8-7-17(25)21(22)23(16,10-9-19(15)31-20)32(27,28)14-5-3-13(24)4-6-14/h3-8,15-16,19-20H,2,9-12H2,1H3/t15-,16+,19+,20+,23+/m1/s1. The fourth-order valence-electron chi connectivity index (χ4n) is 5.71. The van der Waals surface area contributed by atoms with Gasteiger partial charge in [-0.05, 0) is 62.1 Å². The van der Waals surface area contributed by atoms with Crippen molar-refractivity contribution in [2.75, 3.05) is 13.2 Å². The smallest absolute Gasteiger partial charge is 0.188 e. The summed E-state index contributed by atoms with van der Waals surface area (Å²) in [5.41, 5.74) is -0.220. The van der Waals surface area contributed by atoms with Crippen molar-refractivity contribution in [3.05, 3.63) is 58.6 Å². The average molecular weight is 485 g/mol. The number of fused-ring (bicyclic) bond motifs is 5. The van der Waals surface area contributed by atoms with Gasteiger partial charge in [0.2, 0.25) is 0 Å². The quantitative estimate of drug-likeness (QED) is 0.620. The fraction of sp³-hybridized carbons (Fsp3) is 0.478. The lowest BCUT2D eigenvalue weighted by Gasteiger charge is -2.50. The minimum atomic E-state index is -4.16. The first-order chi connectivity index (χ1) is 15.3. The summed E-state index contributed by atoms with van der Waals surface area (Å²) in [6.45, 7) is 2.27. The van der Waals surface area contributed by atoms with E-state index in [0.29, 0.717) is 24.5 Å². The predicted octanol–water partition coefficient (Wildman–Crippen LogP) is 4.86. The molecule has 2 heterocycles. The number of hydrogen-bond acceptors (Lipinski definition) is 5. The molecule has 0 N–H and O–H groups in total. The molecule has 1 saturated carbocycles. The van der Waals surface area contributed by atoms with E-state index < -0.39 is 38.4 Å². The van der Waals surface area contributed by atoms with E-state index in [0.717, 1.165) is 12.1 Å². The van der Waals surface area contributed by atoms with Gasteiger partial charge in [0.1, 0.15) is 10.6 Å². The van der Waals surface area contributed by atoms with Crippen molar-refractivity contribution in [1.82, 2.24) is 0 Å². The maximum absolute atomic E-state index is 15.3. The van der Waals surface area contributed by atoms with Crippen molar-refractivity contribution in [1.29, 1.82) is 0 Å². The van der Waals surface area contributed by atoms with Crippen molar-refractivity contribution >= 4 is 21.4 Å². The number of hydrogen-bond donors (Lipinski definition) is 0. The monoisotopic (exact) mass is 484 g/mol. The van der Waals surface area contributed by atoms with E-state index >= 15 is 4.39 Å². The highest BCUT2D eigenvalue weighted by atomic mass is 35.5. The Morgan fingerprint density at radius 2 is 1.88 bits per heavy atom. The molecular formula is C23H23ClF2O5S. The van der Waals surface area contributed by atoms with Gasteiger partial charge in [0.05, 0.1) is 23.2 Å². The second kappa shape index (κ2) is 7.94. The van der Waals surface area contributed by atoms with Crippen molar-refractivity contribution in [3.63, 3.8) is 0 Å². The summed E-state index contributed by atoms with van der Waals surface area (Å²) in [6, 6.07) is 7.73.